The zero-order chi connectivity index (χ0) is 19.6. The highest BCUT2D eigenvalue weighted by Crippen LogP contribution is 2.27. The van der Waals surface area contributed by atoms with Crippen LogP contribution in [0.4, 0.5) is 5.82 Å². The number of carbonyl (C=O) groups excluding carboxylic acids is 1. The summed E-state index contributed by atoms with van der Waals surface area (Å²) >= 11 is 0. The second kappa shape index (κ2) is 10.4. The lowest BCUT2D eigenvalue weighted by atomic mass is 10.2. The second-order valence-corrected chi connectivity index (χ2v) is 6.26. The molecule has 0 saturated carbocycles. The van der Waals surface area contributed by atoms with Crippen molar-refractivity contribution in [3.63, 3.8) is 0 Å². The molecule has 2 aromatic rings. The monoisotopic (exact) mass is 371 g/mol. The van der Waals surface area contributed by atoms with Crippen molar-refractivity contribution in [3.05, 3.63) is 47.7 Å². The number of benzene rings is 1. The molecule has 0 radical (unpaired) electrons. The van der Waals surface area contributed by atoms with Crippen LogP contribution in [0.3, 0.4) is 0 Å². The summed E-state index contributed by atoms with van der Waals surface area (Å²) in [5.41, 5.74) is 1.55. The van der Waals surface area contributed by atoms with Gasteiger partial charge in [0.05, 0.1) is 14.2 Å². The Bertz CT molecular complexity index is 743. The smallest absolute Gasteiger partial charge is 0.251 e. The predicted octanol–water partition coefficient (Wildman–Crippen LogP) is 3.66. The number of aromatic nitrogens is 1. The van der Waals surface area contributed by atoms with E-state index in [0.29, 0.717) is 23.6 Å². The molecule has 6 nitrogen and oxygen atoms in total. The molecule has 0 fully saturated rings. The number of amides is 1. The molecule has 1 aromatic carbocycles. The molecule has 1 heterocycles. The Morgan fingerprint density at radius 1 is 1.04 bits per heavy atom. The van der Waals surface area contributed by atoms with E-state index in [9.17, 15) is 4.79 Å². The second-order valence-electron chi connectivity index (χ2n) is 6.26. The predicted molar refractivity (Wildman–Crippen MR) is 108 cm³/mol. The van der Waals surface area contributed by atoms with Crippen LogP contribution in [0.25, 0.3) is 0 Å². The molecule has 0 aliphatic heterocycles. The van der Waals surface area contributed by atoms with Gasteiger partial charge in [-0.3, -0.25) is 4.79 Å². The van der Waals surface area contributed by atoms with Crippen LogP contribution in [0.1, 0.15) is 42.6 Å². The SMILES string of the molecule is CCCN(CCC)c1cc(C(=O)NCc2ccc(OC)c(OC)c2)ccn1. The molecule has 0 spiro atoms. The number of pyridine rings is 1. The van der Waals surface area contributed by atoms with E-state index in [1.807, 2.05) is 24.3 Å². The summed E-state index contributed by atoms with van der Waals surface area (Å²) in [6.45, 7) is 6.55. The molecule has 0 bridgehead atoms. The fourth-order valence-corrected chi connectivity index (χ4v) is 2.89. The Labute approximate surface area is 161 Å². The average Bonchev–Trinajstić information content (AvgIpc) is 2.71. The third kappa shape index (κ3) is 5.61. The van der Waals surface area contributed by atoms with Gasteiger partial charge in [0.2, 0.25) is 0 Å². The molecule has 0 atom stereocenters. The topological polar surface area (TPSA) is 63.7 Å². The number of anilines is 1. The first kappa shape index (κ1) is 20.6. The maximum absolute atomic E-state index is 12.6. The Morgan fingerprint density at radius 3 is 2.37 bits per heavy atom. The van der Waals surface area contributed by atoms with Crippen LogP contribution in [-0.4, -0.2) is 38.2 Å². The van der Waals surface area contributed by atoms with Gasteiger partial charge in [-0.2, -0.15) is 0 Å². The normalized spacial score (nSPS) is 10.4. The summed E-state index contributed by atoms with van der Waals surface area (Å²) in [6, 6.07) is 9.20. The Hall–Kier alpha value is -2.76. The van der Waals surface area contributed by atoms with Crippen LogP contribution >= 0.6 is 0 Å². The quantitative estimate of drug-likeness (QED) is 0.691. The maximum Gasteiger partial charge on any atom is 0.251 e. The molecule has 1 aromatic heterocycles. The van der Waals surface area contributed by atoms with Crippen LogP contribution in [0, 0.1) is 0 Å². The molecule has 2 rings (SSSR count). The van der Waals surface area contributed by atoms with Gasteiger partial charge in [-0.25, -0.2) is 4.98 Å². The zero-order valence-corrected chi connectivity index (χ0v) is 16.6. The van der Waals surface area contributed by atoms with Crippen molar-refractivity contribution < 1.29 is 14.3 Å². The molecule has 146 valence electrons. The molecule has 27 heavy (non-hydrogen) atoms. The number of hydrogen-bond acceptors (Lipinski definition) is 5. The number of nitrogens with one attached hydrogen (secondary N) is 1. The minimum atomic E-state index is -0.124. The highest BCUT2D eigenvalue weighted by atomic mass is 16.5. The van der Waals surface area contributed by atoms with Crippen LogP contribution in [0.2, 0.25) is 0 Å². The first-order chi connectivity index (χ1) is 13.1. The minimum absolute atomic E-state index is 0.124. The molecule has 6 heteroatoms. The van der Waals surface area contributed by atoms with Crippen molar-refractivity contribution in [2.75, 3.05) is 32.2 Å². The Kier molecular flexibility index (Phi) is 7.92. The lowest BCUT2D eigenvalue weighted by Crippen LogP contribution is -2.27. The zero-order valence-electron chi connectivity index (χ0n) is 16.6. The highest BCUT2D eigenvalue weighted by molar-refractivity contribution is 5.94. The summed E-state index contributed by atoms with van der Waals surface area (Å²) in [6.07, 6.45) is 3.77. The fourth-order valence-electron chi connectivity index (χ4n) is 2.89. The standard InChI is InChI=1S/C21H29N3O3/c1-5-11-24(12-6-2)20-14-17(9-10-22-20)21(25)23-15-16-7-8-18(26-3)19(13-16)27-4/h7-10,13-14H,5-6,11-12,15H2,1-4H3,(H,23,25). The maximum atomic E-state index is 12.6. The van der Waals surface area contributed by atoms with Crippen molar-refractivity contribution in [2.24, 2.45) is 0 Å². The van der Waals surface area contributed by atoms with E-state index in [4.69, 9.17) is 9.47 Å². The number of methoxy groups -OCH3 is 2. The Balaban J connectivity index is 2.06. The van der Waals surface area contributed by atoms with E-state index in [0.717, 1.165) is 37.3 Å². The number of ether oxygens (including phenoxy) is 2. The molecule has 1 amide bonds. The van der Waals surface area contributed by atoms with Crippen LogP contribution in [0.5, 0.6) is 11.5 Å². The van der Waals surface area contributed by atoms with Crippen LogP contribution < -0.4 is 19.7 Å². The van der Waals surface area contributed by atoms with Crippen LogP contribution in [-0.2, 0) is 6.54 Å². The van der Waals surface area contributed by atoms with Gasteiger partial charge in [0, 0.05) is 31.4 Å². The van der Waals surface area contributed by atoms with Gasteiger partial charge < -0.3 is 19.7 Å². The molecular formula is C21H29N3O3. The summed E-state index contributed by atoms with van der Waals surface area (Å²) in [7, 11) is 3.19. The third-order valence-electron chi connectivity index (χ3n) is 4.22. The van der Waals surface area contributed by atoms with E-state index < -0.39 is 0 Å². The molecular weight excluding hydrogens is 342 g/mol. The van der Waals surface area contributed by atoms with Crippen molar-refractivity contribution >= 4 is 11.7 Å². The van der Waals surface area contributed by atoms with E-state index in [-0.39, 0.29) is 5.91 Å². The average molecular weight is 371 g/mol. The van der Waals surface area contributed by atoms with Crippen molar-refractivity contribution in [3.8, 4) is 11.5 Å². The van der Waals surface area contributed by atoms with E-state index in [1.54, 1.807) is 26.5 Å². The summed E-state index contributed by atoms with van der Waals surface area (Å²) in [5, 5.41) is 2.95. The molecule has 0 saturated heterocycles. The Morgan fingerprint density at radius 2 is 1.74 bits per heavy atom. The van der Waals surface area contributed by atoms with Gasteiger partial charge in [-0.1, -0.05) is 19.9 Å². The van der Waals surface area contributed by atoms with Crippen LogP contribution in [0.15, 0.2) is 36.5 Å². The molecule has 1 N–H and O–H groups in total. The fraction of sp³-hybridized carbons (Fsp3) is 0.429. The van der Waals surface area contributed by atoms with Gasteiger partial charge in [-0.05, 0) is 42.7 Å². The molecule has 0 aliphatic rings. The largest absolute Gasteiger partial charge is 0.493 e. The van der Waals surface area contributed by atoms with Crippen molar-refractivity contribution in [2.45, 2.75) is 33.2 Å². The minimum Gasteiger partial charge on any atom is -0.493 e. The molecule has 0 unspecified atom stereocenters. The summed E-state index contributed by atoms with van der Waals surface area (Å²) < 4.78 is 10.5. The van der Waals surface area contributed by atoms with Gasteiger partial charge in [0.25, 0.3) is 5.91 Å². The number of rotatable bonds is 10. The first-order valence-electron chi connectivity index (χ1n) is 9.33. The van der Waals surface area contributed by atoms with Gasteiger partial charge in [0.1, 0.15) is 5.82 Å². The van der Waals surface area contributed by atoms with E-state index in [2.05, 4.69) is 29.0 Å². The van der Waals surface area contributed by atoms with Crippen molar-refractivity contribution in [1.29, 1.82) is 0 Å². The third-order valence-corrected chi connectivity index (χ3v) is 4.22. The lowest BCUT2D eigenvalue weighted by molar-refractivity contribution is 0.0951. The summed E-state index contributed by atoms with van der Waals surface area (Å²) in [5.74, 6) is 2.03. The first-order valence-corrected chi connectivity index (χ1v) is 9.33. The van der Waals surface area contributed by atoms with Crippen molar-refractivity contribution in [1.82, 2.24) is 10.3 Å². The van der Waals surface area contributed by atoms with Gasteiger partial charge in [0.15, 0.2) is 11.5 Å². The van der Waals surface area contributed by atoms with E-state index in [1.165, 1.54) is 0 Å². The lowest BCUT2D eigenvalue weighted by Gasteiger charge is -2.22. The van der Waals surface area contributed by atoms with Gasteiger partial charge >= 0.3 is 0 Å². The number of nitrogens with zero attached hydrogens (tertiary/aromatic N) is 2. The summed E-state index contributed by atoms with van der Waals surface area (Å²) in [4.78, 5) is 19.2. The van der Waals surface area contributed by atoms with E-state index >= 15 is 0 Å². The number of carbonyl (C=O) groups is 1. The van der Waals surface area contributed by atoms with Gasteiger partial charge in [-0.15, -0.1) is 0 Å². The number of hydrogen-bond donors (Lipinski definition) is 1. The molecule has 0 aliphatic carbocycles. The highest BCUT2D eigenvalue weighted by Gasteiger charge is 2.11.